The Kier molecular flexibility index (Phi) is 6.03. The molecular weight excluding hydrogens is 240 g/mol. The fourth-order valence-corrected chi connectivity index (χ4v) is 1.44. The van der Waals surface area contributed by atoms with Gasteiger partial charge in [0.15, 0.2) is 0 Å². The van der Waals surface area contributed by atoms with Crippen LogP contribution in [0.4, 0.5) is 0 Å². The van der Waals surface area contributed by atoms with Gasteiger partial charge in [0.25, 0.3) is 0 Å². The van der Waals surface area contributed by atoms with E-state index in [-0.39, 0.29) is 5.57 Å². The second kappa shape index (κ2) is 7.54. The standard InChI is InChI=1S/C12H14O.C4H6O2/c1-10(8-12-9-13-12)7-11-5-3-2-4-6-11;1-3(2)4(5)6/h2-7,12H,8-9H2,1H3;1H2,2H3,(H,5,6). The lowest BCUT2D eigenvalue weighted by atomic mass is 10.1. The zero-order chi connectivity index (χ0) is 14.3. The predicted molar refractivity (Wildman–Crippen MR) is 76.9 cm³/mol. The highest BCUT2D eigenvalue weighted by molar-refractivity contribution is 5.84. The maximum Gasteiger partial charge on any atom is 0.330 e. The Bertz CT molecular complexity index is 444. The number of rotatable bonds is 4. The van der Waals surface area contributed by atoms with Crippen molar-refractivity contribution in [1.82, 2.24) is 0 Å². The van der Waals surface area contributed by atoms with Gasteiger partial charge in [0.2, 0.25) is 0 Å². The van der Waals surface area contributed by atoms with Crippen molar-refractivity contribution in [2.45, 2.75) is 26.4 Å². The van der Waals surface area contributed by atoms with Gasteiger partial charge in [-0.25, -0.2) is 4.79 Å². The number of epoxide rings is 1. The zero-order valence-electron chi connectivity index (χ0n) is 11.4. The average Bonchev–Trinajstić information content (AvgIpc) is 3.14. The number of benzene rings is 1. The van der Waals surface area contributed by atoms with Crippen LogP contribution in [0.2, 0.25) is 0 Å². The Labute approximate surface area is 114 Å². The first-order valence-corrected chi connectivity index (χ1v) is 6.21. The molecule has 102 valence electrons. The minimum Gasteiger partial charge on any atom is -0.478 e. The van der Waals surface area contributed by atoms with Crippen molar-refractivity contribution in [3.8, 4) is 0 Å². The predicted octanol–water partition coefficient (Wildman–Crippen LogP) is 3.53. The summed E-state index contributed by atoms with van der Waals surface area (Å²) in [6.07, 6.45) is 3.80. The van der Waals surface area contributed by atoms with E-state index in [1.165, 1.54) is 18.1 Å². The molecule has 1 aromatic rings. The van der Waals surface area contributed by atoms with Crippen LogP contribution >= 0.6 is 0 Å². The summed E-state index contributed by atoms with van der Waals surface area (Å²) in [5.74, 6) is -0.935. The van der Waals surface area contributed by atoms with Gasteiger partial charge in [0.1, 0.15) is 0 Å². The highest BCUT2D eigenvalue weighted by atomic mass is 16.6. The van der Waals surface area contributed by atoms with Gasteiger partial charge in [-0.05, 0) is 25.8 Å². The third-order valence-corrected chi connectivity index (χ3v) is 2.53. The maximum absolute atomic E-state index is 9.60. The summed E-state index contributed by atoms with van der Waals surface area (Å²) in [4.78, 5) is 9.60. The number of aliphatic carboxylic acids is 1. The molecule has 1 heterocycles. The second-order valence-electron chi connectivity index (χ2n) is 4.65. The van der Waals surface area contributed by atoms with Gasteiger partial charge in [-0.2, -0.15) is 0 Å². The molecule has 1 aliphatic heterocycles. The molecule has 1 unspecified atom stereocenters. The van der Waals surface area contributed by atoms with Crippen LogP contribution in [-0.2, 0) is 9.53 Å². The second-order valence-corrected chi connectivity index (χ2v) is 4.65. The van der Waals surface area contributed by atoms with Crippen LogP contribution in [0.1, 0.15) is 25.8 Å². The van der Waals surface area contributed by atoms with Crippen molar-refractivity contribution >= 4 is 12.0 Å². The minimum atomic E-state index is -0.935. The highest BCUT2D eigenvalue weighted by Crippen LogP contribution is 2.20. The van der Waals surface area contributed by atoms with E-state index in [0.29, 0.717) is 6.10 Å². The molecule has 0 aliphatic carbocycles. The van der Waals surface area contributed by atoms with Gasteiger partial charge < -0.3 is 9.84 Å². The Balaban J connectivity index is 0.000000258. The summed E-state index contributed by atoms with van der Waals surface area (Å²) in [5, 5.41) is 7.89. The Morgan fingerprint density at radius 1 is 1.42 bits per heavy atom. The molecule has 3 nitrogen and oxygen atoms in total. The first kappa shape index (κ1) is 15.2. The normalized spacial score (nSPS) is 17.2. The minimum absolute atomic E-state index is 0.176. The van der Waals surface area contributed by atoms with E-state index >= 15 is 0 Å². The maximum atomic E-state index is 9.60. The van der Waals surface area contributed by atoms with Crippen molar-refractivity contribution in [1.29, 1.82) is 0 Å². The highest BCUT2D eigenvalue weighted by Gasteiger charge is 2.21. The number of carboxylic acids is 1. The molecule has 1 aliphatic rings. The molecule has 1 aromatic carbocycles. The summed E-state index contributed by atoms with van der Waals surface area (Å²) in [6, 6.07) is 10.4. The van der Waals surface area contributed by atoms with E-state index < -0.39 is 5.97 Å². The fourth-order valence-electron chi connectivity index (χ4n) is 1.44. The molecule has 0 bridgehead atoms. The van der Waals surface area contributed by atoms with E-state index in [0.717, 1.165) is 13.0 Å². The Morgan fingerprint density at radius 3 is 2.37 bits per heavy atom. The van der Waals surface area contributed by atoms with Gasteiger partial charge in [0.05, 0.1) is 12.7 Å². The largest absolute Gasteiger partial charge is 0.478 e. The van der Waals surface area contributed by atoms with Crippen LogP contribution in [0, 0.1) is 0 Å². The Hall–Kier alpha value is -1.87. The molecule has 19 heavy (non-hydrogen) atoms. The molecule has 2 rings (SSSR count). The van der Waals surface area contributed by atoms with Crippen molar-refractivity contribution in [3.63, 3.8) is 0 Å². The summed E-state index contributed by atoms with van der Waals surface area (Å²) in [5.41, 5.74) is 2.85. The van der Waals surface area contributed by atoms with Crippen molar-refractivity contribution in [3.05, 3.63) is 53.6 Å². The van der Waals surface area contributed by atoms with E-state index in [4.69, 9.17) is 9.84 Å². The molecule has 3 heteroatoms. The number of carbonyl (C=O) groups is 1. The summed E-state index contributed by atoms with van der Waals surface area (Å²) in [6.45, 7) is 7.71. The molecule has 1 saturated heterocycles. The average molecular weight is 260 g/mol. The molecule has 0 amide bonds. The molecule has 0 spiro atoms. The van der Waals surface area contributed by atoms with Gasteiger partial charge in [-0.3, -0.25) is 0 Å². The van der Waals surface area contributed by atoms with Crippen LogP contribution in [0.3, 0.4) is 0 Å². The lowest BCUT2D eigenvalue weighted by Crippen LogP contribution is -1.92. The van der Waals surface area contributed by atoms with Gasteiger partial charge in [-0.1, -0.05) is 48.6 Å². The topological polar surface area (TPSA) is 49.8 Å². The van der Waals surface area contributed by atoms with Gasteiger partial charge in [0, 0.05) is 5.57 Å². The first-order valence-electron chi connectivity index (χ1n) is 6.21. The van der Waals surface area contributed by atoms with Crippen molar-refractivity contribution in [2.24, 2.45) is 0 Å². The monoisotopic (exact) mass is 260 g/mol. The molecule has 0 saturated carbocycles. The number of hydrogen-bond donors (Lipinski definition) is 1. The molecule has 1 atom stereocenters. The van der Waals surface area contributed by atoms with E-state index in [1.54, 1.807) is 0 Å². The van der Waals surface area contributed by atoms with E-state index in [1.807, 2.05) is 6.07 Å². The number of hydrogen-bond acceptors (Lipinski definition) is 2. The van der Waals surface area contributed by atoms with E-state index in [9.17, 15) is 4.79 Å². The zero-order valence-corrected chi connectivity index (χ0v) is 11.4. The quantitative estimate of drug-likeness (QED) is 0.665. The molecule has 1 N–H and O–H groups in total. The van der Waals surface area contributed by atoms with Crippen LogP contribution < -0.4 is 0 Å². The third-order valence-electron chi connectivity index (χ3n) is 2.53. The van der Waals surface area contributed by atoms with Crippen LogP contribution in [0.5, 0.6) is 0 Å². The summed E-state index contributed by atoms with van der Waals surface area (Å²) in [7, 11) is 0. The van der Waals surface area contributed by atoms with Crippen LogP contribution in [0.25, 0.3) is 6.08 Å². The van der Waals surface area contributed by atoms with Crippen LogP contribution in [0.15, 0.2) is 48.1 Å². The molecule has 1 fully saturated rings. The molecule has 0 aromatic heterocycles. The lowest BCUT2D eigenvalue weighted by Gasteiger charge is -1.97. The van der Waals surface area contributed by atoms with Crippen molar-refractivity contribution in [2.75, 3.05) is 6.61 Å². The fraction of sp³-hybridized carbons (Fsp3) is 0.312. The number of ether oxygens (including phenoxy) is 1. The first-order chi connectivity index (χ1) is 8.99. The SMILES string of the molecule is C=C(C)C(=O)O.CC(=Cc1ccccc1)CC1CO1. The summed E-state index contributed by atoms with van der Waals surface area (Å²) < 4.78 is 5.18. The lowest BCUT2D eigenvalue weighted by molar-refractivity contribution is -0.132. The van der Waals surface area contributed by atoms with Gasteiger partial charge >= 0.3 is 5.97 Å². The van der Waals surface area contributed by atoms with Crippen molar-refractivity contribution < 1.29 is 14.6 Å². The number of carboxylic acid groups (broad SMARTS) is 1. The van der Waals surface area contributed by atoms with Gasteiger partial charge in [-0.15, -0.1) is 0 Å². The molecular formula is C16H20O3. The van der Waals surface area contributed by atoms with Crippen LogP contribution in [-0.4, -0.2) is 23.8 Å². The smallest absolute Gasteiger partial charge is 0.330 e. The summed E-state index contributed by atoms with van der Waals surface area (Å²) >= 11 is 0. The third kappa shape index (κ3) is 7.21. The molecule has 0 radical (unpaired) electrons. The Morgan fingerprint density at radius 2 is 1.95 bits per heavy atom. The van der Waals surface area contributed by atoms with E-state index in [2.05, 4.69) is 43.8 Å².